The average molecular weight is 413 g/mol. The van der Waals surface area contributed by atoms with Crippen LogP contribution in [0.5, 0.6) is 5.75 Å². The Morgan fingerprint density at radius 1 is 1.12 bits per heavy atom. The molecule has 0 spiro atoms. The second-order valence-corrected chi connectivity index (χ2v) is 6.27. The highest BCUT2D eigenvalue weighted by Crippen LogP contribution is 2.28. The molecule has 0 atom stereocenters. The zero-order valence-electron chi connectivity index (χ0n) is 13.7. The first-order valence-corrected chi connectivity index (χ1v) is 8.53. The number of furan rings is 1. The van der Waals surface area contributed by atoms with Gasteiger partial charge in [-0.05, 0) is 58.4 Å². The standard InChI is InChI=1S/C19H13BrN2O4/c1-24-13-5-6-15-14(10-13)22-19(26-15)11-3-2-4-12(9-11)21-18(23)16-7-8-17(20)25-16/h2-10H,1H3,(H,21,23). The molecule has 2 heterocycles. The van der Waals surface area contributed by atoms with E-state index in [-0.39, 0.29) is 11.7 Å². The molecular formula is C19H13BrN2O4. The predicted octanol–water partition coefficient (Wildman–Crippen LogP) is 5.11. The molecule has 4 rings (SSSR count). The SMILES string of the molecule is COc1ccc2oc(-c3cccc(NC(=O)c4ccc(Br)o4)c3)nc2c1. The van der Waals surface area contributed by atoms with E-state index in [2.05, 4.69) is 26.2 Å². The monoisotopic (exact) mass is 412 g/mol. The average Bonchev–Trinajstić information content (AvgIpc) is 3.27. The Morgan fingerprint density at radius 3 is 2.77 bits per heavy atom. The molecule has 7 heteroatoms. The maximum atomic E-state index is 12.2. The number of anilines is 1. The van der Waals surface area contributed by atoms with Gasteiger partial charge in [0.2, 0.25) is 5.89 Å². The van der Waals surface area contributed by atoms with Gasteiger partial charge in [0.05, 0.1) is 7.11 Å². The number of hydrogen-bond donors (Lipinski definition) is 1. The fourth-order valence-corrected chi connectivity index (χ4v) is 2.82. The first kappa shape index (κ1) is 16.4. The summed E-state index contributed by atoms with van der Waals surface area (Å²) in [5, 5.41) is 2.79. The molecule has 0 radical (unpaired) electrons. The van der Waals surface area contributed by atoms with Gasteiger partial charge in [0.1, 0.15) is 11.3 Å². The summed E-state index contributed by atoms with van der Waals surface area (Å²) in [6, 6.07) is 15.9. The van der Waals surface area contributed by atoms with Crippen LogP contribution in [0.4, 0.5) is 5.69 Å². The molecule has 4 aromatic rings. The summed E-state index contributed by atoms with van der Waals surface area (Å²) in [6.45, 7) is 0. The van der Waals surface area contributed by atoms with Gasteiger partial charge in [0.15, 0.2) is 16.0 Å². The van der Waals surface area contributed by atoms with Gasteiger partial charge in [0, 0.05) is 17.3 Å². The van der Waals surface area contributed by atoms with Crippen molar-refractivity contribution < 1.29 is 18.4 Å². The van der Waals surface area contributed by atoms with Crippen molar-refractivity contribution in [2.24, 2.45) is 0 Å². The van der Waals surface area contributed by atoms with Crippen molar-refractivity contribution in [2.75, 3.05) is 12.4 Å². The number of aromatic nitrogens is 1. The first-order chi connectivity index (χ1) is 12.6. The number of oxazole rings is 1. The van der Waals surface area contributed by atoms with Crippen molar-refractivity contribution >= 4 is 38.6 Å². The zero-order chi connectivity index (χ0) is 18.1. The van der Waals surface area contributed by atoms with Crippen LogP contribution in [0.3, 0.4) is 0 Å². The number of methoxy groups -OCH3 is 1. The summed E-state index contributed by atoms with van der Waals surface area (Å²) < 4.78 is 16.8. The molecule has 2 aromatic carbocycles. The Bertz CT molecular complexity index is 1100. The van der Waals surface area contributed by atoms with E-state index in [4.69, 9.17) is 13.6 Å². The number of halogens is 1. The number of hydrogen-bond acceptors (Lipinski definition) is 5. The third-order valence-corrected chi connectivity index (χ3v) is 4.19. The van der Waals surface area contributed by atoms with Gasteiger partial charge in [-0.2, -0.15) is 0 Å². The summed E-state index contributed by atoms with van der Waals surface area (Å²) >= 11 is 3.18. The lowest BCUT2D eigenvalue weighted by Gasteiger charge is -2.04. The smallest absolute Gasteiger partial charge is 0.291 e. The largest absolute Gasteiger partial charge is 0.497 e. The topological polar surface area (TPSA) is 77.5 Å². The molecular weight excluding hydrogens is 400 g/mol. The number of rotatable bonds is 4. The molecule has 0 aliphatic heterocycles. The fourth-order valence-electron chi connectivity index (χ4n) is 2.52. The van der Waals surface area contributed by atoms with Crippen molar-refractivity contribution in [3.05, 3.63) is 65.0 Å². The number of ether oxygens (including phenoxy) is 1. The summed E-state index contributed by atoms with van der Waals surface area (Å²) in [6.07, 6.45) is 0. The van der Waals surface area contributed by atoms with Crippen LogP contribution >= 0.6 is 15.9 Å². The third kappa shape index (κ3) is 3.21. The minimum Gasteiger partial charge on any atom is -0.497 e. The lowest BCUT2D eigenvalue weighted by molar-refractivity contribution is 0.0995. The summed E-state index contributed by atoms with van der Waals surface area (Å²) in [4.78, 5) is 16.7. The van der Waals surface area contributed by atoms with E-state index in [1.165, 1.54) is 0 Å². The molecule has 1 N–H and O–H groups in total. The molecule has 130 valence electrons. The van der Waals surface area contributed by atoms with Gasteiger partial charge in [-0.3, -0.25) is 4.79 Å². The lowest BCUT2D eigenvalue weighted by atomic mass is 10.2. The summed E-state index contributed by atoms with van der Waals surface area (Å²) in [7, 11) is 1.60. The highest BCUT2D eigenvalue weighted by molar-refractivity contribution is 9.10. The van der Waals surface area contributed by atoms with Crippen molar-refractivity contribution in [3.8, 4) is 17.2 Å². The van der Waals surface area contributed by atoms with Crippen molar-refractivity contribution in [1.82, 2.24) is 4.98 Å². The molecule has 0 aliphatic rings. The minimum absolute atomic E-state index is 0.219. The van der Waals surface area contributed by atoms with E-state index in [0.717, 1.165) is 5.56 Å². The molecule has 1 amide bonds. The van der Waals surface area contributed by atoms with Gasteiger partial charge < -0.3 is 18.9 Å². The predicted molar refractivity (Wildman–Crippen MR) is 100 cm³/mol. The van der Waals surface area contributed by atoms with Crippen LogP contribution in [-0.2, 0) is 0 Å². The quantitative estimate of drug-likeness (QED) is 0.503. The molecule has 0 saturated carbocycles. The van der Waals surface area contributed by atoms with E-state index >= 15 is 0 Å². The molecule has 2 aromatic heterocycles. The molecule has 0 bridgehead atoms. The molecule has 26 heavy (non-hydrogen) atoms. The molecule has 0 unspecified atom stereocenters. The van der Waals surface area contributed by atoms with E-state index in [0.29, 0.717) is 33.1 Å². The minimum atomic E-state index is -0.338. The summed E-state index contributed by atoms with van der Waals surface area (Å²) in [5.74, 6) is 1.06. The number of benzene rings is 2. The van der Waals surface area contributed by atoms with Crippen LogP contribution in [0.25, 0.3) is 22.6 Å². The highest BCUT2D eigenvalue weighted by Gasteiger charge is 2.13. The van der Waals surface area contributed by atoms with Crippen LogP contribution in [0.2, 0.25) is 0 Å². The van der Waals surface area contributed by atoms with Crippen LogP contribution in [0, 0.1) is 0 Å². The Morgan fingerprint density at radius 2 is 2.00 bits per heavy atom. The first-order valence-electron chi connectivity index (χ1n) is 7.74. The molecule has 0 fully saturated rings. The third-order valence-electron chi connectivity index (χ3n) is 3.76. The van der Waals surface area contributed by atoms with Crippen molar-refractivity contribution in [3.63, 3.8) is 0 Å². The van der Waals surface area contributed by atoms with E-state index in [9.17, 15) is 4.79 Å². The van der Waals surface area contributed by atoms with Crippen LogP contribution in [0.15, 0.2) is 68.1 Å². The van der Waals surface area contributed by atoms with Gasteiger partial charge >= 0.3 is 0 Å². The van der Waals surface area contributed by atoms with Crippen molar-refractivity contribution in [2.45, 2.75) is 0 Å². The normalized spacial score (nSPS) is 10.8. The van der Waals surface area contributed by atoms with E-state index in [1.54, 1.807) is 31.4 Å². The highest BCUT2D eigenvalue weighted by atomic mass is 79.9. The number of carbonyl (C=O) groups is 1. The number of nitrogens with zero attached hydrogens (tertiary/aromatic N) is 1. The number of nitrogens with one attached hydrogen (secondary N) is 1. The molecule has 6 nitrogen and oxygen atoms in total. The Balaban J connectivity index is 1.62. The van der Waals surface area contributed by atoms with Gasteiger partial charge in [-0.15, -0.1) is 0 Å². The Labute approximate surface area is 156 Å². The second-order valence-electron chi connectivity index (χ2n) is 5.49. The molecule has 0 aliphatic carbocycles. The maximum absolute atomic E-state index is 12.2. The Hall–Kier alpha value is -3.06. The Kier molecular flexibility index (Phi) is 4.22. The van der Waals surface area contributed by atoms with Gasteiger partial charge in [-0.1, -0.05) is 6.07 Å². The maximum Gasteiger partial charge on any atom is 0.291 e. The number of carbonyl (C=O) groups excluding carboxylic acids is 1. The lowest BCUT2D eigenvalue weighted by Crippen LogP contribution is -2.10. The van der Waals surface area contributed by atoms with Crippen LogP contribution in [0.1, 0.15) is 10.6 Å². The van der Waals surface area contributed by atoms with Crippen molar-refractivity contribution in [1.29, 1.82) is 0 Å². The molecule has 0 saturated heterocycles. The number of amides is 1. The van der Waals surface area contributed by atoms with Crippen LogP contribution in [-0.4, -0.2) is 18.0 Å². The fraction of sp³-hybridized carbons (Fsp3) is 0.0526. The zero-order valence-corrected chi connectivity index (χ0v) is 15.2. The number of fused-ring (bicyclic) bond motifs is 1. The van der Waals surface area contributed by atoms with E-state index < -0.39 is 0 Å². The van der Waals surface area contributed by atoms with E-state index in [1.807, 2.05) is 30.3 Å². The summed E-state index contributed by atoms with van der Waals surface area (Å²) in [5.41, 5.74) is 2.73. The van der Waals surface area contributed by atoms with Gasteiger partial charge in [0.25, 0.3) is 5.91 Å². The van der Waals surface area contributed by atoms with Gasteiger partial charge in [-0.25, -0.2) is 4.98 Å². The van der Waals surface area contributed by atoms with Crippen LogP contribution < -0.4 is 10.1 Å². The second kappa shape index (κ2) is 6.68.